The maximum absolute atomic E-state index is 11.7. The van der Waals surface area contributed by atoms with Gasteiger partial charge in [-0.1, -0.05) is 28.8 Å². The Labute approximate surface area is 110 Å². The van der Waals surface area contributed by atoms with Crippen LogP contribution < -0.4 is 10.9 Å². The van der Waals surface area contributed by atoms with E-state index >= 15 is 0 Å². The van der Waals surface area contributed by atoms with Gasteiger partial charge in [-0.2, -0.15) is 0 Å². The second-order valence-corrected chi connectivity index (χ2v) is 5.41. The van der Waals surface area contributed by atoms with Crippen molar-refractivity contribution in [3.8, 4) is 0 Å². The molecule has 0 bridgehead atoms. The first-order chi connectivity index (χ1) is 8.25. The van der Waals surface area contributed by atoms with E-state index in [4.69, 9.17) is 0 Å². The Hall–Kier alpha value is -0.870. The summed E-state index contributed by atoms with van der Waals surface area (Å²) in [6.07, 6.45) is 5.21. The monoisotopic (exact) mass is 296 g/mol. The molecule has 0 spiro atoms. The molecule has 0 radical (unpaired) electrons. The van der Waals surface area contributed by atoms with E-state index in [1.807, 2.05) is 12.1 Å². The number of benzene rings is 1. The van der Waals surface area contributed by atoms with Gasteiger partial charge in [0.15, 0.2) is 0 Å². The normalized spacial score (nSPS) is 16.1. The highest BCUT2D eigenvalue weighted by atomic mass is 79.9. The summed E-state index contributed by atoms with van der Waals surface area (Å²) in [4.78, 5) is 11.7. The third-order valence-corrected chi connectivity index (χ3v) is 3.70. The fourth-order valence-corrected chi connectivity index (χ4v) is 2.43. The van der Waals surface area contributed by atoms with E-state index < -0.39 is 0 Å². The number of halogens is 1. The van der Waals surface area contributed by atoms with Crippen LogP contribution in [0.2, 0.25) is 0 Å². The van der Waals surface area contributed by atoms with Crippen molar-refractivity contribution in [1.82, 2.24) is 10.9 Å². The predicted octanol–water partition coefficient (Wildman–Crippen LogP) is 2.87. The minimum absolute atomic E-state index is 0.0736. The van der Waals surface area contributed by atoms with E-state index in [9.17, 15) is 4.79 Å². The number of carbonyl (C=O) groups is 1. The molecule has 3 nitrogen and oxygen atoms in total. The first-order valence-corrected chi connectivity index (χ1v) is 6.84. The summed E-state index contributed by atoms with van der Waals surface area (Å²) in [7, 11) is 0. The third-order valence-electron chi connectivity index (χ3n) is 3.17. The predicted molar refractivity (Wildman–Crippen MR) is 71.6 cm³/mol. The summed E-state index contributed by atoms with van der Waals surface area (Å²) in [5.41, 5.74) is 6.44. The first-order valence-electron chi connectivity index (χ1n) is 6.04. The van der Waals surface area contributed by atoms with Gasteiger partial charge in [-0.3, -0.25) is 10.2 Å². The fourth-order valence-electron chi connectivity index (χ4n) is 2.16. The molecular weight excluding hydrogens is 280 g/mol. The molecule has 1 amide bonds. The average molecular weight is 297 g/mol. The molecule has 2 N–H and O–H groups in total. The van der Waals surface area contributed by atoms with Gasteiger partial charge in [-0.05, 0) is 43.0 Å². The standard InChI is InChI=1S/C13H17BrN2O/c14-12-7-5-11(6-8-12)13(17)16-15-9-10-3-1-2-4-10/h5-8,10,15H,1-4,9H2,(H,16,17). The summed E-state index contributed by atoms with van der Waals surface area (Å²) in [6.45, 7) is 0.877. The molecule has 0 unspecified atom stereocenters. The average Bonchev–Trinajstić information content (AvgIpc) is 2.83. The van der Waals surface area contributed by atoms with Crippen LogP contribution in [0.15, 0.2) is 28.7 Å². The minimum atomic E-state index is -0.0736. The molecule has 0 atom stereocenters. The van der Waals surface area contributed by atoms with Crippen molar-refractivity contribution < 1.29 is 4.79 Å². The van der Waals surface area contributed by atoms with Crippen LogP contribution >= 0.6 is 15.9 Å². The summed E-state index contributed by atoms with van der Waals surface area (Å²) in [5, 5.41) is 0. The Morgan fingerprint density at radius 3 is 2.53 bits per heavy atom. The lowest BCUT2D eigenvalue weighted by molar-refractivity contribution is 0.0930. The molecule has 2 rings (SSSR count). The Balaban J connectivity index is 1.75. The van der Waals surface area contributed by atoms with Crippen LogP contribution in [0.4, 0.5) is 0 Å². The van der Waals surface area contributed by atoms with E-state index in [2.05, 4.69) is 26.8 Å². The molecule has 4 heteroatoms. The molecule has 1 saturated carbocycles. The van der Waals surface area contributed by atoms with Crippen molar-refractivity contribution in [2.75, 3.05) is 6.54 Å². The topological polar surface area (TPSA) is 41.1 Å². The maximum Gasteiger partial charge on any atom is 0.265 e. The number of rotatable bonds is 4. The summed E-state index contributed by atoms with van der Waals surface area (Å²) < 4.78 is 0.980. The summed E-state index contributed by atoms with van der Waals surface area (Å²) in [6, 6.07) is 7.34. The van der Waals surface area contributed by atoms with Crippen molar-refractivity contribution in [3.05, 3.63) is 34.3 Å². The molecule has 1 aliphatic rings. The molecule has 0 heterocycles. The maximum atomic E-state index is 11.7. The smallest absolute Gasteiger partial charge is 0.265 e. The van der Waals surface area contributed by atoms with Crippen LogP contribution in [0.3, 0.4) is 0 Å². The number of hydrogen-bond donors (Lipinski definition) is 2. The molecular formula is C13H17BrN2O. The molecule has 1 fully saturated rings. The highest BCUT2D eigenvalue weighted by molar-refractivity contribution is 9.10. The fraction of sp³-hybridized carbons (Fsp3) is 0.462. The Morgan fingerprint density at radius 2 is 1.88 bits per heavy atom. The van der Waals surface area contributed by atoms with Gasteiger partial charge in [-0.25, -0.2) is 5.43 Å². The van der Waals surface area contributed by atoms with Gasteiger partial charge in [-0.15, -0.1) is 0 Å². The van der Waals surface area contributed by atoms with Crippen LogP contribution in [0.5, 0.6) is 0 Å². The molecule has 0 aliphatic heterocycles. The third kappa shape index (κ3) is 3.82. The van der Waals surface area contributed by atoms with Crippen LogP contribution in [-0.2, 0) is 0 Å². The zero-order valence-corrected chi connectivity index (χ0v) is 11.3. The van der Waals surface area contributed by atoms with Crippen LogP contribution in [0.1, 0.15) is 36.0 Å². The molecule has 17 heavy (non-hydrogen) atoms. The van der Waals surface area contributed by atoms with Gasteiger partial charge in [0.25, 0.3) is 5.91 Å². The van der Waals surface area contributed by atoms with Gasteiger partial charge in [0, 0.05) is 16.6 Å². The van der Waals surface area contributed by atoms with Crippen LogP contribution in [-0.4, -0.2) is 12.5 Å². The lowest BCUT2D eigenvalue weighted by atomic mass is 10.1. The number of amides is 1. The molecule has 0 saturated heterocycles. The zero-order chi connectivity index (χ0) is 12.1. The Bertz CT molecular complexity index is 372. The molecule has 1 aromatic rings. The van der Waals surface area contributed by atoms with Gasteiger partial charge in [0.1, 0.15) is 0 Å². The van der Waals surface area contributed by atoms with Crippen molar-refractivity contribution in [2.45, 2.75) is 25.7 Å². The van der Waals surface area contributed by atoms with E-state index in [0.717, 1.165) is 16.9 Å². The largest absolute Gasteiger partial charge is 0.287 e. The van der Waals surface area contributed by atoms with E-state index in [-0.39, 0.29) is 5.91 Å². The molecule has 0 aromatic heterocycles. The number of hydrogen-bond acceptors (Lipinski definition) is 2. The highest BCUT2D eigenvalue weighted by Gasteiger charge is 2.14. The summed E-state index contributed by atoms with van der Waals surface area (Å²) >= 11 is 3.34. The minimum Gasteiger partial charge on any atom is -0.287 e. The zero-order valence-electron chi connectivity index (χ0n) is 9.71. The van der Waals surface area contributed by atoms with E-state index in [0.29, 0.717) is 5.56 Å². The SMILES string of the molecule is O=C(NNCC1CCCC1)c1ccc(Br)cc1. The lowest BCUT2D eigenvalue weighted by Crippen LogP contribution is -2.39. The second kappa shape index (κ2) is 6.17. The van der Waals surface area contributed by atoms with E-state index in [1.165, 1.54) is 25.7 Å². The van der Waals surface area contributed by atoms with Crippen LogP contribution in [0, 0.1) is 5.92 Å². The lowest BCUT2D eigenvalue weighted by Gasteiger charge is -2.11. The van der Waals surface area contributed by atoms with Crippen molar-refractivity contribution in [1.29, 1.82) is 0 Å². The van der Waals surface area contributed by atoms with Crippen molar-refractivity contribution >= 4 is 21.8 Å². The van der Waals surface area contributed by atoms with Gasteiger partial charge >= 0.3 is 0 Å². The molecule has 1 aromatic carbocycles. The summed E-state index contributed by atoms with van der Waals surface area (Å²) in [5.74, 6) is 0.649. The van der Waals surface area contributed by atoms with Crippen molar-refractivity contribution in [3.63, 3.8) is 0 Å². The second-order valence-electron chi connectivity index (χ2n) is 4.49. The van der Waals surface area contributed by atoms with Gasteiger partial charge in [0.2, 0.25) is 0 Å². The molecule has 92 valence electrons. The quantitative estimate of drug-likeness (QED) is 0.839. The Kier molecular flexibility index (Phi) is 4.57. The number of hydrazine groups is 1. The number of carbonyl (C=O) groups excluding carboxylic acids is 1. The van der Waals surface area contributed by atoms with E-state index in [1.54, 1.807) is 12.1 Å². The van der Waals surface area contributed by atoms with Gasteiger partial charge < -0.3 is 0 Å². The van der Waals surface area contributed by atoms with Crippen LogP contribution in [0.25, 0.3) is 0 Å². The van der Waals surface area contributed by atoms with Gasteiger partial charge in [0.05, 0.1) is 0 Å². The number of nitrogens with one attached hydrogen (secondary N) is 2. The highest BCUT2D eigenvalue weighted by Crippen LogP contribution is 2.23. The van der Waals surface area contributed by atoms with Crippen molar-refractivity contribution in [2.24, 2.45) is 5.92 Å². The first kappa shape index (κ1) is 12.6. The Morgan fingerprint density at radius 1 is 1.24 bits per heavy atom. The molecule has 1 aliphatic carbocycles.